The Kier molecular flexibility index (Phi) is 5.78. The molecule has 0 spiro atoms. The highest BCUT2D eigenvalue weighted by molar-refractivity contribution is 8.00. The van der Waals surface area contributed by atoms with Crippen LogP contribution in [0.4, 0.5) is 0 Å². The predicted molar refractivity (Wildman–Crippen MR) is 99.5 cm³/mol. The zero-order valence-electron chi connectivity index (χ0n) is 15.0. The Labute approximate surface area is 153 Å². The van der Waals surface area contributed by atoms with Gasteiger partial charge in [0.1, 0.15) is 0 Å². The molecule has 5 nitrogen and oxygen atoms in total. The SMILES string of the molecule is Cc1ccc(-c2nnc(SC(C)C(=O)NC3CCCCC3)o2)cc1C. The molecule has 0 saturated heterocycles. The van der Waals surface area contributed by atoms with Gasteiger partial charge in [-0.3, -0.25) is 4.79 Å². The Hall–Kier alpha value is -1.82. The average molecular weight is 359 g/mol. The summed E-state index contributed by atoms with van der Waals surface area (Å²) < 4.78 is 5.74. The number of hydrogen-bond donors (Lipinski definition) is 1. The van der Waals surface area contributed by atoms with Crippen LogP contribution < -0.4 is 5.32 Å². The van der Waals surface area contributed by atoms with Crippen molar-refractivity contribution in [1.29, 1.82) is 0 Å². The summed E-state index contributed by atoms with van der Waals surface area (Å²) in [5.41, 5.74) is 3.32. The van der Waals surface area contributed by atoms with E-state index in [1.54, 1.807) is 0 Å². The summed E-state index contributed by atoms with van der Waals surface area (Å²) in [5, 5.41) is 11.5. The first-order valence-electron chi connectivity index (χ1n) is 8.91. The van der Waals surface area contributed by atoms with E-state index in [1.807, 2.05) is 25.1 Å². The second kappa shape index (κ2) is 8.04. The van der Waals surface area contributed by atoms with E-state index in [2.05, 4.69) is 29.4 Å². The van der Waals surface area contributed by atoms with Gasteiger partial charge >= 0.3 is 0 Å². The number of benzene rings is 1. The van der Waals surface area contributed by atoms with Gasteiger partial charge in [0, 0.05) is 11.6 Å². The van der Waals surface area contributed by atoms with Crippen molar-refractivity contribution in [2.24, 2.45) is 0 Å². The van der Waals surface area contributed by atoms with Crippen LogP contribution in [0.25, 0.3) is 11.5 Å². The molecule has 1 aromatic carbocycles. The summed E-state index contributed by atoms with van der Waals surface area (Å²) in [7, 11) is 0. The van der Waals surface area contributed by atoms with E-state index in [-0.39, 0.29) is 11.2 Å². The monoisotopic (exact) mass is 359 g/mol. The number of aryl methyl sites for hydroxylation is 2. The molecule has 1 aliphatic carbocycles. The van der Waals surface area contributed by atoms with Gasteiger partial charge in [-0.1, -0.05) is 37.1 Å². The second-order valence-electron chi connectivity index (χ2n) is 6.78. The van der Waals surface area contributed by atoms with E-state index < -0.39 is 0 Å². The third-order valence-electron chi connectivity index (χ3n) is 4.76. The molecule has 1 unspecified atom stereocenters. The molecular formula is C19H25N3O2S. The number of nitrogens with one attached hydrogen (secondary N) is 1. The third kappa shape index (κ3) is 4.63. The highest BCUT2D eigenvalue weighted by atomic mass is 32.2. The minimum Gasteiger partial charge on any atom is -0.411 e. The molecule has 1 amide bonds. The quantitative estimate of drug-likeness (QED) is 0.807. The summed E-state index contributed by atoms with van der Waals surface area (Å²) in [5.74, 6) is 0.535. The second-order valence-corrected chi connectivity index (χ2v) is 8.07. The Morgan fingerprint density at radius 2 is 1.96 bits per heavy atom. The van der Waals surface area contributed by atoms with Crippen LogP contribution in [0, 0.1) is 13.8 Å². The zero-order valence-corrected chi connectivity index (χ0v) is 15.9. The van der Waals surface area contributed by atoms with Crippen LogP contribution in [0.2, 0.25) is 0 Å². The number of thioether (sulfide) groups is 1. The Bertz CT molecular complexity index is 738. The van der Waals surface area contributed by atoms with Gasteiger partial charge in [-0.15, -0.1) is 10.2 Å². The fraction of sp³-hybridized carbons (Fsp3) is 0.526. The number of amides is 1. The molecule has 2 aromatic rings. The summed E-state index contributed by atoms with van der Waals surface area (Å²) in [6, 6.07) is 6.38. The van der Waals surface area contributed by atoms with Crippen molar-refractivity contribution in [3.63, 3.8) is 0 Å². The summed E-state index contributed by atoms with van der Waals surface area (Å²) in [6.07, 6.45) is 5.85. The van der Waals surface area contributed by atoms with Gasteiger partial charge in [0.15, 0.2) is 0 Å². The normalized spacial score (nSPS) is 16.6. The first kappa shape index (κ1) is 18.0. The molecule has 6 heteroatoms. The molecule has 25 heavy (non-hydrogen) atoms. The predicted octanol–water partition coefficient (Wildman–Crippen LogP) is 4.28. The lowest BCUT2D eigenvalue weighted by Gasteiger charge is -2.23. The highest BCUT2D eigenvalue weighted by Gasteiger charge is 2.22. The number of nitrogens with zero attached hydrogens (tertiary/aromatic N) is 2. The van der Waals surface area contributed by atoms with Gasteiger partial charge in [-0.05, 0) is 56.9 Å². The van der Waals surface area contributed by atoms with Crippen LogP contribution in [-0.4, -0.2) is 27.4 Å². The first-order valence-corrected chi connectivity index (χ1v) is 9.79. The molecule has 0 bridgehead atoms. The maximum atomic E-state index is 12.4. The van der Waals surface area contributed by atoms with Crippen molar-refractivity contribution in [1.82, 2.24) is 15.5 Å². The van der Waals surface area contributed by atoms with E-state index in [4.69, 9.17) is 4.42 Å². The fourth-order valence-corrected chi connectivity index (χ4v) is 3.71. The van der Waals surface area contributed by atoms with Gasteiger partial charge in [0.25, 0.3) is 5.22 Å². The average Bonchev–Trinajstić information content (AvgIpc) is 3.06. The number of carbonyl (C=O) groups excluding carboxylic acids is 1. The van der Waals surface area contributed by atoms with Crippen molar-refractivity contribution in [2.75, 3.05) is 0 Å². The minimum absolute atomic E-state index is 0.0443. The van der Waals surface area contributed by atoms with Gasteiger partial charge < -0.3 is 9.73 Å². The maximum absolute atomic E-state index is 12.4. The molecule has 1 heterocycles. The standard InChI is InChI=1S/C19H25N3O2S/c1-12-9-10-15(11-13(12)2)18-21-22-19(24-18)25-14(3)17(23)20-16-7-5-4-6-8-16/h9-11,14,16H,4-8H2,1-3H3,(H,20,23). The molecule has 3 rings (SSSR count). The Balaban J connectivity index is 1.60. The lowest BCUT2D eigenvalue weighted by Crippen LogP contribution is -2.40. The minimum atomic E-state index is -0.255. The summed E-state index contributed by atoms with van der Waals surface area (Å²) in [4.78, 5) is 12.4. The highest BCUT2D eigenvalue weighted by Crippen LogP contribution is 2.27. The van der Waals surface area contributed by atoms with Gasteiger partial charge in [-0.25, -0.2) is 0 Å². The summed E-state index contributed by atoms with van der Waals surface area (Å²) >= 11 is 1.31. The van der Waals surface area contributed by atoms with E-state index in [0.29, 0.717) is 17.2 Å². The van der Waals surface area contributed by atoms with Crippen molar-refractivity contribution in [2.45, 2.75) is 69.4 Å². The fourth-order valence-electron chi connectivity index (χ4n) is 3.02. The van der Waals surface area contributed by atoms with Crippen molar-refractivity contribution >= 4 is 17.7 Å². The molecule has 1 saturated carbocycles. The van der Waals surface area contributed by atoms with Gasteiger partial charge in [-0.2, -0.15) is 0 Å². The number of aromatic nitrogens is 2. The van der Waals surface area contributed by atoms with Crippen LogP contribution in [0.15, 0.2) is 27.8 Å². The lowest BCUT2D eigenvalue weighted by molar-refractivity contribution is -0.121. The molecule has 0 aliphatic heterocycles. The van der Waals surface area contributed by atoms with Gasteiger partial charge in [0.05, 0.1) is 5.25 Å². The number of hydrogen-bond acceptors (Lipinski definition) is 5. The van der Waals surface area contributed by atoms with Crippen molar-refractivity contribution in [3.8, 4) is 11.5 Å². The van der Waals surface area contributed by atoms with E-state index in [0.717, 1.165) is 18.4 Å². The van der Waals surface area contributed by atoms with Gasteiger partial charge in [0.2, 0.25) is 11.8 Å². The van der Waals surface area contributed by atoms with E-state index >= 15 is 0 Å². The smallest absolute Gasteiger partial charge is 0.277 e. The first-order chi connectivity index (χ1) is 12.0. The van der Waals surface area contributed by atoms with Crippen LogP contribution in [-0.2, 0) is 4.79 Å². The molecular weight excluding hydrogens is 334 g/mol. The molecule has 1 N–H and O–H groups in total. The van der Waals surface area contributed by atoms with Crippen LogP contribution in [0.3, 0.4) is 0 Å². The Morgan fingerprint density at radius 1 is 1.20 bits per heavy atom. The molecule has 0 radical (unpaired) electrons. The molecule has 1 aromatic heterocycles. The van der Waals surface area contributed by atoms with Crippen LogP contribution in [0.5, 0.6) is 0 Å². The van der Waals surface area contributed by atoms with Crippen LogP contribution in [0.1, 0.15) is 50.2 Å². The van der Waals surface area contributed by atoms with Crippen LogP contribution >= 0.6 is 11.8 Å². The molecule has 1 aliphatic rings. The van der Waals surface area contributed by atoms with Crippen molar-refractivity contribution < 1.29 is 9.21 Å². The molecule has 134 valence electrons. The third-order valence-corrected chi connectivity index (χ3v) is 5.69. The molecule has 1 fully saturated rings. The lowest BCUT2D eigenvalue weighted by atomic mass is 9.95. The Morgan fingerprint density at radius 3 is 2.68 bits per heavy atom. The van der Waals surface area contributed by atoms with Crippen molar-refractivity contribution in [3.05, 3.63) is 29.3 Å². The number of carbonyl (C=O) groups is 1. The largest absolute Gasteiger partial charge is 0.411 e. The summed E-state index contributed by atoms with van der Waals surface area (Å²) in [6.45, 7) is 6.01. The van der Waals surface area contributed by atoms with E-state index in [9.17, 15) is 4.79 Å². The maximum Gasteiger partial charge on any atom is 0.277 e. The number of rotatable bonds is 5. The topological polar surface area (TPSA) is 68.0 Å². The van der Waals surface area contributed by atoms with E-state index in [1.165, 1.54) is 42.2 Å². The molecule has 1 atom stereocenters. The zero-order chi connectivity index (χ0) is 17.8.